The third kappa shape index (κ3) is 2.60. The maximum absolute atomic E-state index is 11.4. The first-order chi connectivity index (χ1) is 6.43. The van der Waals surface area contributed by atoms with Crippen molar-refractivity contribution in [2.75, 3.05) is 0 Å². The van der Waals surface area contributed by atoms with Gasteiger partial charge in [-0.2, -0.15) is 0 Å². The van der Waals surface area contributed by atoms with Crippen molar-refractivity contribution in [2.24, 2.45) is 5.41 Å². The summed E-state index contributed by atoms with van der Waals surface area (Å²) in [5.74, 6) is -0.245. The Labute approximate surface area is 86.3 Å². The van der Waals surface area contributed by atoms with E-state index in [0.29, 0.717) is 5.57 Å². The number of esters is 1. The van der Waals surface area contributed by atoms with Crippen molar-refractivity contribution in [1.29, 1.82) is 0 Å². The predicted octanol–water partition coefficient (Wildman–Crippen LogP) is 3.07. The van der Waals surface area contributed by atoms with E-state index in [4.69, 9.17) is 4.74 Å². The van der Waals surface area contributed by atoms with E-state index < -0.39 is 0 Å². The van der Waals surface area contributed by atoms with E-state index >= 15 is 0 Å². The average molecular weight is 196 g/mol. The lowest BCUT2D eigenvalue weighted by Crippen LogP contribution is -2.36. The van der Waals surface area contributed by atoms with E-state index in [-0.39, 0.29) is 17.5 Å². The molecule has 0 N–H and O–H groups in total. The summed E-state index contributed by atoms with van der Waals surface area (Å²) in [6, 6.07) is 0. The molecule has 0 aromatic rings. The average Bonchev–Trinajstić information content (AvgIpc) is 2.08. The van der Waals surface area contributed by atoms with Crippen molar-refractivity contribution >= 4 is 5.97 Å². The summed E-state index contributed by atoms with van der Waals surface area (Å²) in [6.45, 7) is 9.62. The zero-order valence-electron chi connectivity index (χ0n) is 9.43. The normalized spacial score (nSPS) is 25.5. The highest BCUT2D eigenvalue weighted by molar-refractivity contribution is 5.87. The lowest BCUT2D eigenvalue weighted by molar-refractivity contribution is -0.153. The van der Waals surface area contributed by atoms with Crippen LogP contribution in [0.25, 0.3) is 0 Å². The Morgan fingerprint density at radius 1 is 1.43 bits per heavy atom. The summed E-state index contributed by atoms with van der Waals surface area (Å²) in [6.07, 6.45) is 4.61. The minimum Gasteiger partial charge on any atom is -0.458 e. The number of ether oxygens (including phenoxy) is 1. The van der Waals surface area contributed by atoms with Crippen LogP contribution < -0.4 is 0 Å². The van der Waals surface area contributed by atoms with Crippen molar-refractivity contribution in [1.82, 2.24) is 0 Å². The summed E-state index contributed by atoms with van der Waals surface area (Å²) in [7, 11) is 0. The maximum atomic E-state index is 11.4. The zero-order chi connectivity index (χ0) is 10.8. The van der Waals surface area contributed by atoms with E-state index in [9.17, 15) is 4.79 Å². The number of carbonyl (C=O) groups excluding carboxylic acids is 1. The topological polar surface area (TPSA) is 26.3 Å². The molecule has 0 aromatic heterocycles. The Balaban J connectivity index is 2.58. The molecule has 14 heavy (non-hydrogen) atoms. The molecule has 1 unspecified atom stereocenters. The Morgan fingerprint density at radius 2 is 2.07 bits per heavy atom. The Morgan fingerprint density at radius 3 is 2.57 bits per heavy atom. The van der Waals surface area contributed by atoms with Gasteiger partial charge in [0.05, 0.1) is 0 Å². The molecule has 0 saturated heterocycles. The van der Waals surface area contributed by atoms with Gasteiger partial charge >= 0.3 is 5.97 Å². The van der Waals surface area contributed by atoms with Crippen molar-refractivity contribution in [3.05, 3.63) is 12.2 Å². The quantitative estimate of drug-likeness (QED) is 0.501. The molecular formula is C12H20O2. The zero-order valence-corrected chi connectivity index (χ0v) is 9.43. The van der Waals surface area contributed by atoms with Crippen LogP contribution in [-0.4, -0.2) is 12.1 Å². The van der Waals surface area contributed by atoms with Crippen molar-refractivity contribution < 1.29 is 9.53 Å². The summed E-state index contributed by atoms with van der Waals surface area (Å²) >= 11 is 0. The molecule has 0 aliphatic heterocycles. The van der Waals surface area contributed by atoms with Crippen molar-refractivity contribution in [3.8, 4) is 0 Å². The summed E-state index contributed by atoms with van der Waals surface area (Å²) in [5, 5.41) is 0. The lowest BCUT2D eigenvalue weighted by Gasteiger charge is -2.37. The van der Waals surface area contributed by atoms with Gasteiger partial charge < -0.3 is 4.74 Å². The molecule has 0 spiro atoms. The lowest BCUT2D eigenvalue weighted by atomic mass is 9.75. The van der Waals surface area contributed by atoms with Crippen LogP contribution >= 0.6 is 0 Å². The van der Waals surface area contributed by atoms with E-state index in [1.165, 1.54) is 6.42 Å². The van der Waals surface area contributed by atoms with E-state index in [1.807, 2.05) is 0 Å². The van der Waals surface area contributed by atoms with Crippen LogP contribution in [-0.2, 0) is 9.53 Å². The standard InChI is InChI=1S/C12H20O2/c1-9(2)11(13)14-10-7-5-6-8-12(10,3)4/h10H,1,5-8H2,2-4H3. The second-order valence-electron chi connectivity index (χ2n) is 4.91. The molecule has 2 heteroatoms. The van der Waals surface area contributed by atoms with E-state index in [2.05, 4.69) is 20.4 Å². The predicted molar refractivity (Wildman–Crippen MR) is 56.9 cm³/mol. The molecule has 1 saturated carbocycles. The van der Waals surface area contributed by atoms with Gasteiger partial charge in [-0.3, -0.25) is 0 Å². The molecule has 0 heterocycles. The molecule has 0 bridgehead atoms. The van der Waals surface area contributed by atoms with E-state index in [1.54, 1.807) is 6.92 Å². The minimum absolute atomic E-state index is 0.0699. The summed E-state index contributed by atoms with van der Waals surface area (Å²) in [4.78, 5) is 11.4. The minimum atomic E-state index is -0.245. The molecule has 80 valence electrons. The number of rotatable bonds is 2. The van der Waals surface area contributed by atoms with Crippen LogP contribution in [0.4, 0.5) is 0 Å². The molecule has 1 fully saturated rings. The van der Waals surface area contributed by atoms with Gasteiger partial charge in [0, 0.05) is 11.0 Å². The molecule has 1 aliphatic carbocycles. The first-order valence-corrected chi connectivity index (χ1v) is 5.30. The van der Waals surface area contributed by atoms with Crippen molar-refractivity contribution in [3.63, 3.8) is 0 Å². The number of hydrogen-bond acceptors (Lipinski definition) is 2. The van der Waals surface area contributed by atoms with Crippen LogP contribution in [0.15, 0.2) is 12.2 Å². The van der Waals surface area contributed by atoms with Gasteiger partial charge in [-0.25, -0.2) is 4.79 Å². The van der Waals surface area contributed by atoms with Gasteiger partial charge in [-0.05, 0) is 26.2 Å². The molecule has 0 radical (unpaired) electrons. The first-order valence-electron chi connectivity index (χ1n) is 5.30. The van der Waals surface area contributed by atoms with Gasteiger partial charge in [-0.15, -0.1) is 0 Å². The fourth-order valence-corrected chi connectivity index (χ4v) is 1.91. The molecular weight excluding hydrogens is 176 g/mol. The highest BCUT2D eigenvalue weighted by atomic mass is 16.5. The highest BCUT2D eigenvalue weighted by Crippen LogP contribution is 2.37. The van der Waals surface area contributed by atoms with Gasteiger partial charge in [0.2, 0.25) is 0 Å². The summed E-state index contributed by atoms with van der Waals surface area (Å²) in [5.41, 5.74) is 0.620. The number of hydrogen-bond donors (Lipinski definition) is 0. The first kappa shape index (κ1) is 11.3. The van der Waals surface area contributed by atoms with Crippen LogP contribution in [0.2, 0.25) is 0 Å². The Kier molecular flexibility index (Phi) is 3.35. The highest BCUT2D eigenvalue weighted by Gasteiger charge is 2.34. The Bertz CT molecular complexity index is 241. The molecule has 0 aromatic carbocycles. The van der Waals surface area contributed by atoms with Crippen LogP contribution in [0.5, 0.6) is 0 Å². The molecule has 1 atom stereocenters. The van der Waals surface area contributed by atoms with Crippen LogP contribution in [0, 0.1) is 5.41 Å². The second kappa shape index (κ2) is 4.16. The summed E-state index contributed by atoms with van der Waals surface area (Å²) < 4.78 is 5.43. The maximum Gasteiger partial charge on any atom is 0.333 e. The van der Waals surface area contributed by atoms with E-state index in [0.717, 1.165) is 19.3 Å². The molecule has 1 rings (SSSR count). The largest absolute Gasteiger partial charge is 0.458 e. The molecule has 2 nitrogen and oxygen atoms in total. The Hall–Kier alpha value is -0.790. The molecule has 0 amide bonds. The van der Waals surface area contributed by atoms with Gasteiger partial charge in [0.15, 0.2) is 0 Å². The van der Waals surface area contributed by atoms with Crippen LogP contribution in [0.3, 0.4) is 0 Å². The fourth-order valence-electron chi connectivity index (χ4n) is 1.91. The van der Waals surface area contributed by atoms with Gasteiger partial charge in [0.1, 0.15) is 6.10 Å². The van der Waals surface area contributed by atoms with Gasteiger partial charge in [0.25, 0.3) is 0 Å². The van der Waals surface area contributed by atoms with Gasteiger partial charge in [-0.1, -0.05) is 26.8 Å². The fraction of sp³-hybridized carbons (Fsp3) is 0.750. The number of carbonyl (C=O) groups is 1. The smallest absolute Gasteiger partial charge is 0.333 e. The second-order valence-corrected chi connectivity index (χ2v) is 4.91. The van der Waals surface area contributed by atoms with Crippen LogP contribution in [0.1, 0.15) is 46.5 Å². The van der Waals surface area contributed by atoms with Crippen molar-refractivity contribution in [2.45, 2.75) is 52.6 Å². The third-order valence-corrected chi connectivity index (χ3v) is 3.01. The third-order valence-electron chi connectivity index (χ3n) is 3.01. The SMILES string of the molecule is C=C(C)C(=O)OC1CCCCC1(C)C. The monoisotopic (exact) mass is 196 g/mol. The molecule has 1 aliphatic rings.